The van der Waals surface area contributed by atoms with Crippen molar-refractivity contribution < 1.29 is 14.3 Å². The van der Waals surface area contributed by atoms with Crippen LogP contribution in [0.5, 0.6) is 0 Å². The van der Waals surface area contributed by atoms with E-state index in [2.05, 4.69) is 31.3 Å². The molecular weight excluding hydrogens is 276 g/mol. The Morgan fingerprint density at radius 2 is 1.94 bits per heavy atom. The molecule has 1 rings (SSSR count). The van der Waals surface area contributed by atoms with Crippen LogP contribution in [0.3, 0.4) is 0 Å². The number of anilines is 2. The van der Waals surface area contributed by atoms with Crippen LogP contribution in [0.15, 0.2) is 24.3 Å². The van der Waals surface area contributed by atoms with Crippen LogP contribution in [0.1, 0.15) is 0 Å². The van der Waals surface area contributed by atoms with Crippen molar-refractivity contribution in [2.75, 3.05) is 23.1 Å². The lowest BCUT2D eigenvalue weighted by Crippen LogP contribution is -2.13. The van der Waals surface area contributed by atoms with E-state index in [0.717, 1.165) is 0 Å². The maximum atomic E-state index is 11.1. The number of carbonyl (C=O) groups is 2. The predicted molar refractivity (Wildman–Crippen MR) is 64.9 cm³/mol. The molecule has 0 atom stereocenters. The van der Waals surface area contributed by atoms with Crippen molar-refractivity contribution in [3.8, 4) is 0 Å². The fraction of sp³-hybridized carbons (Fsp3) is 0.200. The molecule has 0 spiro atoms. The Kier molecular flexibility index (Phi) is 4.78. The number of carbonyl (C=O) groups excluding carboxylic acids is 2. The average Bonchev–Trinajstić information content (AvgIpc) is 2.29. The summed E-state index contributed by atoms with van der Waals surface area (Å²) in [6, 6.07) is 6.77. The minimum atomic E-state index is -0.552. The highest BCUT2D eigenvalue weighted by Crippen LogP contribution is 2.15. The zero-order valence-corrected chi connectivity index (χ0v) is 10.2. The van der Waals surface area contributed by atoms with E-state index < -0.39 is 6.09 Å². The number of ether oxygens (including phenoxy) is 1. The highest BCUT2D eigenvalue weighted by molar-refractivity contribution is 9.09. The van der Waals surface area contributed by atoms with Gasteiger partial charge in [-0.1, -0.05) is 22.0 Å². The standard InChI is InChI=1S/C10H11BrN2O3/c1-16-10(15)13-8-4-2-3-7(5-8)12-9(14)6-11/h2-5H,6H2,1H3,(H,12,14)(H,13,15). The fourth-order valence-corrected chi connectivity index (χ4v) is 1.18. The van der Waals surface area contributed by atoms with E-state index in [1.54, 1.807) is 24.3 Å². The number of benzene rings is 1. The summed E-state index contributed by atoms with van der Waals surface area (Å²) in [5.74, 6) is -0.157. The zero-order valence-electron chi connectivity index (χ0n) is 8.62. The third-order valence-electron chi connectivity index (χ3n) is 1.70. The lowest BCUT2D eigenvalue weighted by Gasteiger charge is -2.06. The molecule has 0 radical (unpaired) electrons. The fourth-order valence-electron chi connectivity index (χ4n) is 1.04. The number of methoxy groups -OCH3 is 1. The van der Waals surface area contributed by atoms with Crippen LogP contribution in [0.4, 0.5) is 16.2 Å². The third-order valence-corrected chi connectivity index (χ3v) is 2.21. The number of alkyl halides is 1. The Balaban J connectivity index is 2.71. The predicted octanol–water partition coefficient (Wildman–Crippen LogP) is 2.20. The molecule has 0 fully saturated rings. The number of hydrogen-bond acceptors (Lipinski definition) is 3. The molecule has 0 aliphatic carbocycles. The molecule has 0 saturated heterocycles. The van der Waals surface area contributed by atoms with Gasteiger partial charge >= 0.3 is 6.09 Å². The summed E-state index contributed by atoms with van der Waals surface area (Å²) in [5.41, 5.74) is 1.16. The minimum Gasteiger partial charge on any atom is -0.453 e. The Labute approximate surface area is 101 Å². The van der Waals surface area contributed by atoms with Crippen molar-refractivity contribution in [2.24, 2.45) is 0 Å². The molecule has 0 aromatic heterocycles. The Morgan fingerprint density at radius 1 is 1.31 bits per heavy atom. The van der Waals surface area contributed by atoms with Crippen molar-refractivity contribution in [3.05, 3.63) is 24.3 Å². The number of halogens is 1. The van der Waals surface area contributed by atoms with Crippen molar-refractivity contribution in [3.63, 3.8) is 0 Å². The summed E-state index contributed by atoms with van der Waals surface area (Å²) in [4.78, 5) is 22.0. The van der Waals surface area contributed by atoms with Gasteiger partial charge in [0.25, 0.3) is 0 Å². The van der Waals surface area contributed by atoms with Crippen LogP contribution in [0.2, 0.25) is 0 Å². The van der Waals surface area contributed by atoms with Crippen LogP contribution in [-0.2, 0) is 9.53 Å². The van der Waals surface area contributed by atoms with E-state index in [4.69, 9.17) is 0 Å². The smallest absolute Gasteiger partial charge is 0.411 e. The molecule has 6 heteroatoms. The number of hydrogen-bond donors (Lipinski definition) is 2. The van der Waals surface area contributed by atoms with Gasteiger partial charge in [0.1, 0.15) is 0 Å². The quantitative estimate of drug-likeness (QED) is 0.837. The summed E-state index contributed by atoms with van der Waals surface area (Å²) in [7, 11) is 1.28. The van der Waals surface area contributed by atoms with Crippen LogP contribution >= 0.6 is 15.9 Å². The molecule has 86 valence electrons. The Bertz CT molecular complexity index is 362. The van der Waals surface area contributed by atoms with Crippen molar-refractivity contribution in [2.45, 2.75) is 0 Å². The minimum absolute atomic E-state index is 0.157. The molecule has 16 heavy (non-hydrogen) atoms. The first-order valence-corrected chi connectivity index (χ1v) is 5.58. The number of nitrogens with one attached hydrogen (secondary N) is 2. The molecule has 0 heterocycles. The second kappa shape index (κ2) is 6.12. The zero-order chi connectivity index (χ0) is 12.0. The van der Waals surface area contributed by atoms with Gasteiger partial charge in [-0.2, -0.15) is 0 Å². The van der Waals surface area contributed by atoms with Crippen molar-refractivity contribution in [1.82, 2.24) is 0 Å². The van der Waals surface area contributed by atoms with E-state index in [-0.39, 0.29) is 11.2 Å². The lowest BCUT2D eigenvalue weighted by atomic mass is 10.3. The van der Waals surface area contributed by atoms with Crippen molar-refractivity contribution >= 4 is 39.3 Å². The van der Waals surface area contributed by atoms with E-state index in [9.17, 15) is 9.59 Å². The summed E-state index contributed by atoms with van der Waals surface area (Å²) in [6.45, 7) is 0. The summed E-state index contributed by atoms with van der Waals surface area (Å²) < 4.78 is 4.45. The second-order valence-electron chi connectivity index (χ2n) is 2.88. The van der Waals surface area contributed by atoms with Gasteiger partial charge in [-0.25, -0.2) is 4.79 Å². The second-order valence-corrected chi connectivity index (χ2v) is 3.44. The lowest BCUT2D eigenvalue weighted by molar-refractivity contribution is -0.113. The van der Waals surface area contributed by atoms with Gasteiger partial charge < -0.3 is 10.1 Å². The summed E-state index contributed by atoms with van der Waals surface area (Å²) >= 11 is 3.04. The highest BCUT2D eigenvalue weighted by atomic mass is 79.9. The first-order chi connectivity index (χ1) is 7.65. The van der Waals surface area contributed by atoms with Gasteiger partial charge in [0.2, 0.25) is 5.91 Å². The van der Waals surface area contributed by atoms with Gasteiger partial charge in [-0.15, -0.1) is 0 Å². The van der Waals surface area contributed by atoms with Gasteiger partial charge in [-0.3, -0.25) is 10.1 Å². The normalized spacial score (nSPS) is 9.38. The molecule has 0 aliphatic rings. The van der Waals surface area contributed by atoms with Gasteiger partial charge in [0, 0.05) is 11.4 Å². The van der Waals surface area contributed by atoms with Crippen molar-refractivity contribution in [1.29, 1.82) is 0 Å². The first kappa shape index (κ1) is 12.5. The molecule has 1 aromatic rings. The van der Waals surface area contributed by atoms with Gasteiger partial charge in [0.05, 0.1) is 12.4 Å². The van der Waals surface area contributed by atoms with E-state index in [0.29, 0.717) is 11.4 Å². The molecule has 0 aliphatic heterocycles. The first-order valence-electron chi connectivity index (χ1n) is 4.46. The SMILES string of the molecule is COC(=O)Nc1cccc(NC(=O)CBr)c1. The van der Waals surface area contributed by atoms with E-state index in [1.165, 1.54) is 7.11 Å². The topological polar surface area (TPSA) is 67.4 Å². The summed E-state index contributed by atoms with van der Waals surface area (Å²) in [5, 5.41) is 5.37. The number of rotatable bonds is 3. The molecule has 0 unspecified atom stereocenters. The van der Waals surface area contributed by atoms with Crippen LogP contribution in [0.25, 0.3) is 0 Å². The molecule has 2 N–H and O–H groups in total. The van der Waals surface area contributed by atoms with Crippen LogP contribution < -0.4 is 10.6 Å². The monoisotopic (exact) mass is 286 g/mol. The molecule has 0 bridgehead atoms. The highest BCUT2D eigenvalue weighted by Gasteiger charge is 2.03. The molecule has 2 amide bonds. The van der Waals surface area contributed by atoms with Crippen LogP contribution in [-0.4, -0.2) is 24.4 Å². The Hall–Kier alpha value is -1.56. The largest absolute Gasteiger partial charge is 0.453 e. The molecule has 0 saturated carbocycles. The maximum absolute atomic E-state index is 11.1. The third kappa shape index (κ3) is 3.90. The average molecular weight is 287 g/mol. The summed E-state index contributed by atoms with van der Waals surface area (Å²) in [6.07, 6.45) is -0.552. The Morgan fingerprint density at radius 3 is 2.50 bits per heavy atom. The maximum Gasteiger partial charge on any atom is 0.411 e. The number of amides is 2. The molecule has 5 nitrogen and oxygen atoms in total. The van der Waals surface area contributed by atoms with E-state index in [1.807, 2.05) is 0 Å². The van der Waals surface area contributed by atoms with Gasteiger partial charge in [-0.05, 0) is 18.2 Å². The van der Waals surface area contributed by atoms with E-state index >= 15 is 0 Å². The molecule has 1 aromatic carbocycles. The van der Waals surface area contributed by atoms with Gasteiger partial charge in [0.15, 0.2) is 0 Å². The molecular formula is C10H11BrN2O3. The van der Waals surface area contributed by atoms with Crippen LogP contribution in [0, 0.1) is 0 Å².